The molecule has 2 N–H and O–H groups in total. The van der Waals surface area contributed by atoms with Crippen LogP contribution in [0.15, 0.2) is 28.7 Å². The maximum absolute atomic E-state index is 12.1. The molecule has 0 fully saturated rings. The molecule has 2 heterocycles. The van der Waals surface area contributed by atoms with E-state index in [1.54, 1.807) is 19.9 Å². The van der Waals surface area contributed by atoms with Gasteiger partial charge in [-0.3, -0.25) is 9.59 Å². The molecule has 1 aromatic heterocycles. The molecule has 7 heteroatoms. The highest BCUT2D eigenvalue weighted by atomic mass is 16.6. The first-order valence-corrected chi connectivity index (χ1v) is 8.48. The number of carbonyl (C=O) groups is 2. The highest BCUT2D eigenvalue weighted by molar-refractivity contribution is 5.97. The van der Waals surface area contributed by atoms with E-state index >= 15 is 0 Å². The lowest BCUT2D eigenvalue weighted by molar-refractivity contribution is -0.120. The third-order valence-electron chi connectivity index (χ3n) is 4.14. The average molecular weight is 358 g/mol. The van der Waals surface area contributed by atoms with Crippen molar-refractivity contribution in [3.8, 4) is 11.5 Å². The molecule has 0 bridgehead atoms. The van der Waals surface area contributed by atoms with Crippen molar-refractivity contribution in [1.82, 2.24) is 10.6 Å². The molecular weight excluding hydrogens is 336 g/mol. The van der Waals surface area contributed by atoms with Gasteiger partial charge in [-0.25, -0.2) is 0 Å². The highest BCUT2D eigenvalue weighted by Gasteiger charge is 2.17. The summed E-state index contributed by atoms with van der Waals surface area (Å²) in [5, 5.41) is 5.46. The lowest BCUT2D eigenvalue weighted by Gasteiger charge is -2.21. The molecule has 0 spiro atoms. The van der Waals surface area contributed by atoms with E-state index in [4.69, 9.17) is 13.9 Å². The zero-order chi connectivity index (χ0) is 18.7. The molecule has 1 aliphatic heterocycles. The van der Waals surface area contributed by atoms with Gasteiger partial charge in [0.25, 0.3) is 5.91 Å². The summed E-state index contributed by atoms with van der Waals surface area (Å²) in [7, 11) is 0. The smallest absolute Gasteiger partial charge is 0.255 e. The Hall–Kier alpha value is -2.96. The number of carbonyl (C=O) groups excluding carboxylic acids is 2. The summed E-state index contributed by atoms with van der Waals surface area (Å²) in [4.78, 5) is 24.3. The van der Waals surface area contributed by atoms with Crippen LogP contribution in [-0.2, 0) is 4.79 Å². The minimum Gasteiger partial charge on any atom is -0.486 e. The number of hydrogen-bond donors (Lipinski definition) is 2. The Morgan fingerprint density at radius 2 is 1.85 bits per heavy atom. The van der Waals surface area contributed by atoms with Gasteiger partial charge in [-0.15, -0.1) is 0 Å². The van der Waals surface area contributed by atoms with Crippen LogP contribution in [0.1, 0.15) is 40.4 Å². The van der Waals surface area contributed by atoms with Crippen molar-refractivity contribution in [3.05, 3.63) is 46.9 Å². The Kier molecular flexibility index (Phi) is 5.16. The predicted octanol–water partition coefficient (Wildman–Crippen LogP) is 2.27. The molecule has 1 aromatic carbocycles. The fourth-order valence-corrected chi connectivity index (χ4v) is 2.82. The van der Waals surface area contributed by atoms with Gasteiger partial charge in [0.1, 0.15) is 24.7 Å². The van der Waals surface area contributed by atoms with Crippen molar-refractivity contribution in [2.45, 2.75) is 26.8 Å². The van der Waals surface area contributed by atoms with Crippen LogP contribution in [0, 0.1) is 13.8 Å². The van der Waals surface area contributed by atoms with Gasteiger partial charge in [0.15, 0.2) is 11.5 Å². The molecule has 26 heavy (non-hydrogen) atoms. The van der Waals surface area contributed by atoms with E-state index in [1.165, 1.54) is 0 Å². The van der Waals surface area contributed by atoms with E-state index in [-0.39, 0.29) is 24.4 Å². The molecule has 1 atom stereocenters. The SMILES string of the molecule is Cc1cc(C(=O)NCC(=O)NC(C)c2ccc3c(c2)OCCO3)c(C)o1. The predicted molar refractivity (Wildman–Crippen MR) is 94.5 cm³/mol. The van der Waals surface area contributed by atoms with Gasteiger partial charge in [0.05, 0.1) is 18.2 Å². The Balaban J connectivity index is 1.54. The summed E-state index contributed by atoms with van der Waals surface area (Å²) < 4.78 is 16.4. The van der Waals surface area contributed by atoms with Gasteiger partial charge in [-0.05, 0) is 44.5 Å². The van der Waals surface area contributed by atoms with Crippen LogP contribution < -0.4 is 20.1 Å². The highest BCUT2D eigenvalue weighted by Crippen LogP contribution is 2.32. The Morgan fingerprint density at radius 1 is 1.12 bits per heavy atom. The number of rotatable bonds is 5. The Bertz CT molecular complexity index is 827. The van der Waals surface area contributed by atoms with Gasteiger partial charge < -0.3 is 24.5 Å². The second-order valence-electron chi connectivity index (χ2n) is 6.20. The van der Waals surface area contributed by atoms with Crippen LogP contribution in [0.4, 0.5) is 0 Å². The monoisotopic (exact) mass is 358 g/mol. The average Bonchev–Trinajstić information content (AvgIpc) is 2.97. The minimum absolute atomic E-state index is 0.114. The number of hydrogen-bond acceptors (Lipinski definition) is 5. The number of benzene rings is 1. The lowest BCUT2D eigenvalue weighted by Crippen LogP contribution is -2.38. The van der Waals surface area contributed by atoms with Crippen LogP contribution >= 0.6 is 0 Å². The summed E-state index contributed by atoms with van der Waals surface area (Å²) in [5.74, 6) is 1.96. The molecule has 1 unspecified atom stereocenters. The quantitative estimate of drug-likeness (QED) is 0.856. The van der Waals surface area contributed by atoms with Gasteiger partial charge >= 0.3 is 0 Å². The fraction of sp³-hybridized carbons (Fsp3) is 0.368. The second kappa shape index (κ2) is 7.51. The molecular formula is C19H22N2O5. The van der Waals surface area contributed by atoms with E-state index in [0.717, 1.165) is 5.56 Å². The van der Waals surface area contributed by atoms with E-state index < -0.39 is 0 Å². The van der Waals surface area contributed by atoms with Gasteiger partial charge in [-0.2, -0.15) is 0 Å². The van der Waals surface area contributed by atoms with Crippen LogP contribution in [0.3, 0.4) is 0 Å². The zero-order valence-corrected chi connectivity index (χ0v) is 15.0. The molecule has 1 aliphatic rings. The molecule has 2 aromatic rings. The topological polar surface area (TPSA) is 89.8 Å². The van der Waals surface area contributed by atoms with Crippen LogP contribution in [0.2, 0.25) is 0 Å². The first-order chi connectivity index (χ1) is 12.4. The number of furan rings is 1. The number of aryl methyl sites for hydroxylation is 2. The maximum atomic E-state index is 12.1. The standard InChI is InChI=1S/C19H22N2O5/c1-11-8-15(13(3)26-11)19(23)20-10-18(22)21-12(2)14-4-5-16-17(9-14)25-7-6-24-16/h4-5,8-9,12H,6-7,10H2,1-3H3,(H,20,23)(H,21,22). The third kappa shape index (κ3) is 3.99. The molecule has 138 valence electrons. The summed E-state index contributed by atoms with van der Waals surface area (Å²) >= 11 is 0. The molecule has 0 radical (unpaired) electrons. The molecule has 0 saturated carbocycles. The lowest BCUT2D eigenvalue weighted by atomic mass is 10.1. The van der Waals surface area contributed by atoms with Crippen molar-refractivity contribution < 1.29 is 23.5 Å². The molecule has 3 rings (SSSR count). The molecule has 2 amide bonds. The van der Waals surface area contributed by atoms with Crippen molar-refractivity contribution >= 4 is 11.8 Å². The summed E-state index contributed by atoms with van der Waals surface area (Å²) in [6.07, 6.45) is 0. The van der Waals surface area contributed by atoms with E-state index in [1.807, 2.05) is 25.1 Å². The van der Waals surface area contributed by atoms with Crippen LogP contribution in [0.5, 0.6) is 11.5 Å². The Morgan fingerprint density at radius 3 is 2.54 bits per heavy atom. The molecule has 7 nitrogen and oxygen atoms in total. The van der Waals surface area contributed by atoms with Gasteiger partial charge in [0, 0.05) is 0 Å². The zero-order valence-electron chi connectivity index (χ0n) is 15.0. The van der Waals surface area contributed by atoms with Gasteiger partial charge in [0.2, 0.25) is 5.91 Å². The largest absolute Gasteiger partial charge is 0.486 e. The Labute approximate surface area is 151 Å². The third-order valence-corrected chi connectivity index (χ3v) is 4.14. The maximum Gasteiger partial charge on any atom is 0.255 e. The number of ether oxygens (including phenoxy) is 2. The number of amides is 2. The first-order valence-electron chi connectivity index (χ1n) is 8.48. The van der Waals surface area contributed by atoms with Crippen molar-refractivity contribution in [3.63, 3.8) is 0 Å². The summed E-state index contributed by atoms with van der Waals surface area (Å²) in [6, 6.07) is 7.00. The molecule has 0 saturated heterocycles. The van der Waals surface area contributed by atoms with Crippen LogP contribution in [-0.4, -0.2) is 31.6 Å². The summed E-state index contributed by atoms with van der Waals surface area (Å²) in [5.41, 5.74) is 1.34. The van der Waals surface area contributed by atoms with E-state index in [0.29, 0.717) is 41.8 Å². The minimum atomic E-state index is -0.332. The first kappa shape index (κ1) is 17.8. The van der Waals surface area contributed by atoms with E-state index in [2.05, 4.69) is 10.6 Å². The van der Waals surface area contributed by atoms with E-state index in [9.17, 15) is 9.59 Å². The second-order valence-corrected chi connectivity index (χ2v) is 6.20. The molecule has 0 aliphatic carbocycles. The summed E-state index contributed by atoms with van der Waals surface area (Å²) in [6.45, 7) is 6.29. The van der Waals surface area contributed by atoms with Crippen LogP contribution in [0.25, 0.3) is 0 Å². The fourth-order valence-electron chi connectivity index (χ4n) is 2.82. The number of fused-ring (bicyclic) bond motifs is 1. The van der Waals surface area contributed by atoms with Crippen molar-refractivity contribution in [2.75, 3.05) is 19.8 Å². The van der Waals surface area contributed by atoms with Gasteiger partial charge in [-0.1, -0.05) is 6.07 Å². The van der Waals surface area contributed by atoms with Crippen molar-refractivity contribution in [2.24, 2.45) is 0 Å². The number of nitrogens with one attached hydrogen (secondary N) is 2. The van der Waals surface area contributed by atoms with Crippen molar-refractivity contribution in [1.29, 1.82) is 0 Å². The normalized spacial score (nSPS) is 13.8.